The van der Waals surface area contributed by atoms with E-state index in [4.69, 9.17) is 9.47 Å². The first kappa shape index (κ1) is 20.6. The van der Waals surface area contributed by atoms with Crippen molar-refractivity contribution in [2.45, 2.75) is 26.6 Å². The predicted octanol–water partition coefficient (Wildman–Crippen LogP) is 4.96. The molecule has 0 spiro atoms. The monoisotopic (exact) mass is 382 g/mol. The first-order valence-electron chi connectivity index (χ1n) is 8.94. The van der Waals surface area contributed by atoms with Crippen LogP contribution in [0.25, 0.3) is 5.57 Å². The van der Waals surface area contributed by atoms with Gasteiger partial charge < -0.3 is 9.47 Å². The third-order valence-electron chi connectivity index (χ3n) is 3.90. The van der Waals surface area contributed by atoms with Crippen molar-refractivity contribution < 1.29 is 19.1 Å². The molecule has 0 aliphatic rings. The molecule has 0 atom stereocenters. The van der Waals surface area contributed by atoms with Gasteiger partial charge in [-0.05, 0) is 47.9 Å². The second-order valence-corrected chi connectivity index (χ2v) is 12.3. The van der Waals surface area contributed by atoms with E-state index >= 15 is 0 Å². The Kier molecular flexibility index (Phi) is 6.74. The maximum Gasteiger partial charge on any atom is 0.338 e. The smallest absolute Gasteiger partial charge is 0.338 e. The van der Waals surface area contributed by atoms with E-state index in [0.717, 1.165) is 16.7 Å². The molecular formula is C22H26O4Si. The lowest BCUT2D eigenvalue weighted by atomic mass is 9.97. The van der Waals surface area contributed by atoms with Gasteiger partial charge in [0, 0.05) is 0 Å². The van der Waals surface area contributed by atoms with E-state index in [9.17, 15) is 9.59 Å². The molecule has 0 radical (unpaired) electrons. The second-order valence-electron chi connectivity index (χ2n) is 7.29. The van der Waals surface area contributed by atoms with Crippen LogP contribution in [0, 0.1) is 0 Å². The molecular weight excluding hydrogens is 356 g/mol. The largest absolute Gasteiger partial charge is 0.465 e. The highest BCUT2D eigenvalue weighted by atomic mass is 28.3. The first-order chi connectivity index (χ1) is 12.7. The average Bonchev–Trinajstić information content (AvgIpc) is 2.65. The van der Waals surface area contributed by atoms with Gasteiger partial charge in [-0.2, -0.15) is 0 Å². The van der Waals surface area contributed by atoms with Gasteiger partial charge in [0.15, 0.2) is 0 Å². The Morgan fingerprint density at radius 2 is 1.22 bits per heavy atom. The van der Waals surface area contributed by atoms with E-state index < -0.39 is 8.07 Å². The lowest BCUT2D eigenvalue weighted by Crippen LogP contribution is -2.17. The zero-order valence-electron chi connectivity index (χ0n) is 16.5. The van der Waals surface area contributed by atoms with Crippen LogP contribution in [-0.2, 0) is 9.47 Å². The Labute approximate surface area is 161 Å². The van der Waals surface area contributed by atoms with Crippen LogP contribution in [0.15, 0.2) is 54.2 Å². The van der Waals surface area contributed by atoms with Gasteiger partial charge in [-0.15, -0.1) is 0 Å². The van der Waals surface area contributed by atoms with E-state index in [2.05, 4.69) is 25.3 Å². The number of hydrogen-bond acceptors (Lipinski definition) is 4. The summed E-state index contributed by atoms with van der Waals surface area (Å²) >= 11 is 0. The number of methoxy groups -OCH3 is 1. The van der Waals surface area contributed by atoms with E-state index in [-0.39, 0.29) is 11.9 Å². The normalized spacial score (nSPS) is 11.8. The van der Waals surface area contributed by atoms with E-state index in [1.165, 1.54) is 7.11 Å². The van der Waals surface area contributed by atoms with Crippen molar-refractivity contribution in [2.24, 2.45) is 0 Å². The summed E-state index contributed by atoms with van der Waals surface area (Å²) in [7, 11) is -0.149. The molecule has 0 saturated heterocycles. The number of rotatable bonds is 6. The van der Waals surface area contributed by atoms with Crippen molar-refractivity contribution in [2.75, 3.05) is 13.7 Å². The van der Waals surface area contributed by atoms with Crippen LogP contribution in [0.2, 0.25) is 19.6 Å². The third kappa shape index (κ3) is 5.66. The fourth-order valence-corrected chi connectivity index (χ4v) is 3.87. The zero-order valence-corrected chi connectivity index (χ0v) is 17.5. The zero-order chi connectivity index (χ0) is 20.0. The minimum Gasteiger partial charge on any atom is -0.465 e. The van der Waals surface area contributed by atoms with Gasteiger partial charge in [0.1, 0.15) is 0 Å². The molecule has 0 amide bonds. The summed E-state index contributed by atoms with van der Waals surface area (Å²) in [4.78, 5) is 23.6. The quantitative estimate of drug-likeness (QED) is 0.523. The highest BCUT2D eigenvalue weighted by Crippen LogP contribution is 2.27. The average molecular weight is 383 g/mol. The van der Waals surface area contributed by atoms with Gasteiger partial charge in [0.25, 0.3) is 0 Å². The Morgan fingerprint density at radius 3 is 1.59 bits per heavy atom. The molecule has 2 aromatic carbocycles. The molecule has 0 aromatic heterocycles. The topological polar surface area (TPSA) is 52.6 Å². The molecule has 0 saturated carbocycles. The van der Waals surface area contributed by atoms with E-state index in [1.54, 1.807) is 31.2 Å². The van der Waals surface area contributed by atoms with Crippen molar-refractivity contribution in [3.8, 4) is 0 Å². The highest BCUT2D eigenvalue weighted by molar-refractivity contribution is 6.81. The molecule has 4 nitrogen and oxygen atoms in total. The molecule has 142 valence electrons. The lowest BCUT2D eigenvalue weighted by molar-refractivity contribution is 0.0525. The van der Waals surface area contributed by atoms with Crippen LogP contribution >= 0.6 is 0 Å². The molecule has 0 unspecified atom stereocenters. The molecule has 0 fully saturated rings. The van der Waals surface area contributed by atoms with Crippen LogP contribution in [0.3, 0.4) is 0 Å². The van der Waals surface area contributed by atoms with Gasteiger partial charge in [-0.25, -0.2) is 9.59 Å². The van der Waals surface area contributed by atoms with Crippen molar-refractivity contribution >= 4 is 25.6 Å². The summed E-state index contributed by atoms with van der Waals surface area (Å²) in [5, 5.41) is 0. The molecule has 0 heterocycles. The summed E-state index contributed by atoms with van der Waals surface area (Å²) in [6.45, 7) is 8.95. The maximum absolute atomic E-state index is 11.9. The standard InChI is InChI=1S/C22H26O4Si/c1-6-26-22(24)19-13-9-17(10-14-19)20(15-27(3,4)5)16-7-11-18(12-8-16)21(23)25-2/h7-15H,6H2,1-5H3/b20-15+. The summed E-state index contributed by atoms with van der Waals surface area (Å²) in [6, 6.07) is 14.8. The van der Waals surface area contributed by atoms with Crippen LogP contribution in [0.4, 0.5) is 0 Å². The molecule has 27 heavy (non-hydrogen) atoms. The van der Waals surface area contributed by atoms with Crippen molar-refractivity contribution in [1.82, 2.24) is 0 Å². The van der Waals surface area contributed by atoms with Crippen LogP contribution in [0.1, 0.15) is 38.8 Å². The number of ether oxygens (including phenoxy) is 2. The third-order valence-corrected chi connectivity index (χ3v) is 5.06. The maximum atomic E-state index is 11.9. The number of esters is 2. The van der Waals surface area contributed by atoms with Gasteiger partial charge >= 0.3 is 11.9 Å². The fraction of sp³-hybridized carbons (Fsp3) is 0.273. The SMILES string of the molecule is CCOC(=O)c1ccc(/C(=C/[Si](C)(C)C)c2ccc(C(=O)OC)cc2)cc1. The van der Waals surface area contributed by atoms with E-state index in [0.29, 0.717) is 17.7 Å². The van der Waals surface area contributed by atoms with Gasteiger partial charge in [-0.1, -0.05) is 49.6 Å². The van der Waals surface area contributed by atoms with E-state index in [1.807, 2.05) is 24.3 Å². The van der Waals surface area contributed by atoms with Gasteiger partial charge in [-0.3, -0.25) is 0 Å². The Hall–Kier alpha value is -2.66. The number of benzene rings is 2. The minimum atomic E-state index is -1.52. The first-order valence-corrected chi connectivity index (χ1v) is 12.5. The molecule has 0 N–H and O–H groups in total. The molecule has 5 heteroatoms. The Morgan fingerprint density at radius 1 is 0.815 bits per heavy atom. The Balaban J connectivity index is 2.43. The molecule has 2 rings (SSSR count). The molecule has 0 bridgehead atoms. The summed E-state index contributed by atoms with van der Waals surface area (Å²) < 4.78 is 9.82. The minimum absolute atomic E-state index is 0.317. The van der Waals surface area contributed by atoms with Crippen LogP contribution in [0.5, 0.6) is 0 Å². The van der Waals surface area contributed by atoms with Crippen LogP contribution < -0.4 is 0 Å². The molecule has 0 aliphatic heterocycles. The fourth-order valence-electron chi connectivity index (χ4n) is 2.67. The summed E-state index contributed by atoms with van der Waals surface area (Å²) in [6.07, 6.45) is 0. The summed E-state index contributed by atoms with van der Waals surface area (Å²) in [5.74, 6) is -0.668. The lowest BCUT2D eigenvalue weighted by Gasteiger charge is -2.16. The van der Waals surface area contributed by atoms with Crippen molar-refractivity contribution in [3.63, 3.8) is 0 Å². The van der Waals surface area contributed by atoms with Crippen molar-refractivity contribution in [1.29, 1.82) is 0 Å². The predicted molar refractivity (Wildman–Crippen MR) is 111 cm³/mol. The highest BCUT2D eigenvalue weighted by Gasteiger charge is 2.15. The van der Waals surface area contributed by atoms with Gasteiger partial charge in [0.2, 0.25) is 0 Å². The number of carbonyl (C=O) groups excluding carboxylic acids is 2. The summed E-state index contributed by atoms with van der Waals surface area (Å²) in [5.41, 5.74) is 6.52. The molecule has 2 aromatic rings. The van der Waals surface area contributed by atoms with Crippen molar-refractivity contribution in [3.05, 3.63) is 76.5 Å². The van der Waals surface area contributed by atoms with Crippen LogP contribution in [-0.4, -0.2) is 33.7 Å². The Bertz CT molecular complexity index is 828. The molecule has 0 aliphatic carbocycles. The second kappa shape index (κ2) is 8.82. The van der Waals surface area contributed by atoms with Gasteiger partial charge in [0.05, 0.1) is 32.9 Å². The number of carbonyl (C=O) groups is 2. The number of hydrogen-bond donors (Lipinski definition) is 0.